The lowest BCUT2D eigenvalue weighted by atomic mass is 10.3. The summed E-state index contributed by atoms with van der Waals surface area (Å²) in [6.07, 6.45) is 1.67. The monoisotopic (exact) mass is 239 g/mol. The van der Waals surface area contributed by atoms with E-state index in [0.717, 1.165) is 6.54 Å². The molecule has 0 saturated carbocycles. The second-order valence-electron chi connectivity index (χ2n) is 4.43. The summed E-state index contributed by atoms with van der Waals surface area (Å²) in [7, 11) is 3.92. The van der Waals surface area contributed by atoms with Gasteiger partial charge in [0.2, 0.25) is 0 Å². The largest absolute Gasteiger partial charge is 0.396 e. The van der Waals surface area contributed by atoms with Crippen molar-refractivity contribution in [1.82, 2.24) is 20.0 Å². The van der Waals surface area contributed by atoms with Crippen molar-refractivity contribution in [3.63, 3.8) is 0 Å². The number of carbonyl (C=O) groups is 1. The second kappa shape index (κ2) is 5.67. The lowest BCUT2D eigenvalue weighted by Gasteiger charge is -2.17. The molecule has 0 bridgehead atoms. The van der Waals surface area contributed by atoms with Gasteiger partial charge in [-0.1, -0.05) is 0 Å². The topological polar surface area (TPSA) is 76.2 Å². The number of nitrogens with one attached hydrogen (secondary N) is 1. The zero-order chi connectivity index (χ0) is 13.0. The second-order valence-corrected chi connectivity index (χ2v) is 4.43. The molecule has 0 radical (unpaired) electrons. The summed E-state index contributed by atoms with van der Waals surface area (Å²) in [6, 6.07) is 0.0590. The molecule has 1 atom stereocenters. The summed E-state index contributed by atoms with van der Waals surface area (Å²) in [4.78, 5) is 13.9. The molecule has 0 aliphatic heterocycles. The number of nitrogens with zero attached hydrogens (tertiary/aromatic N) is 3. The molecule has 0 aromatic carbocycles. The molecule has 1 heterocycles. The molecule has 0 saturated heterocycles. The van der Waals surface area contributed by atoms with Gasteiger partial charge in [-0.15, -0.1) is 0 Å². The van der Waals surface area contributed by atoms with E-state index in [-0.39, 0.29) is 11.9 Å². The molecular formula is C11H21N5O. The van der Waals surface area contributed by atoms with Gasteiger partial charge < -0.3 is 16.0 Å². The Bertz CT molecular complexity index is 385. The van der Waals surface area contributed by atoms with E-state index in [4.69, 9.17) is 5.73 Å². The molecule has 1 unspecified atom stereocenters. The average molecular weight is 239 g/mol. The van der Waals surface area contributed by atoms with Gasteiger partial charge in [0, 0.05) is 25.3 Å². The molecule has 6 heteroatoms. The van der Waals surface area contributed by atoms with Crippen LogP contribution in [0.5, 0.6) is 0 Å². The normalized spacial score (nSPS) is 12.8. The minimum absolute atomic E-state index is 0.0590. The fourth-order valence-corrected chi connectivity index (χ4v) is 1.66. The number of aromatic nitrogens is 2. The zero-order valence-electron chi connectivity index (χ0n) is 10.9. The summed E-state index contributed by atoms with van der Waals surface area (Å²) in [5.41, 5.74) is 6.46. The molecule has 0 fully saturated rings. The molecule has 0 aliphatic carbocycles. The van der Waals surface area contributed by atoms with E-state index in [1.54, 1.807) is 10.9 Å². The molecule has 0 aliphatic rings. The van der Waals surface area contributed by atoms with E-state index in [2.05, 4.69) is 10.4 Å². The third-order valence-corrected chi connectivity index (χ3v) is 2.35. The van der Waals surface area contributed by atoms with Crippen LogP contribution in [0.4, 0.5) is 5.69 Å². The SMILES string of the molecule is CCn1cc(N)c(C(=O)NC(C)CN(C)C)n1. The van der Waals surface area contributed by atoms with Gasteiger partial charge in [-0.05, 0) is 27.9 Å². The molecule has 1 amide bonds. The summed E-state index contributed by atoms with van der Waals surface area (Å²) in [6.45, 7) is 5.37. The average Bonchev–Trinajstić information content (AvgIpc) is 2.58. The van der Waals surface area contributed by atoms with Crippen molar-refractivity contribution >= 4 is 11.6 Å². The van der Waals surface area contributed by atoms with Crippen LogP contribution in [0.1, 0.15) is 24.3 Å². The van der Waals surface area contributed by atoms with Crippen molar-refractivity contribution in [3.05, 3.63) is 11.9 Å². The number of nitrogen functional groups attached to an aromatic ring is 1. The number of carbonyl (C=O) groups excluding carboxylic acids is 1. The van der Waals surface area contributed by atoms with Crippen molar-refractivity contribution in [2.75, 3.05) is 26.4 Å². The number of likely N-dealkylation sites (N-methyl/N-ethyl adjacent to an activating group) is 1. The molecule has 6 nitrogen and oxygen atoms in total. The van der Waals surface area contributed by atoms with E-state index >= 15 is 0 Å². The van der Waals surface area contributed by atoms with Crippen molar-refractivity contribution in [2.45, 2.75) is 26.4 Å². The fraction of sp³-hybridized carbons (Fsp3) is 0.636. The van der Waals surface area contributed by atoms with E-state index in [9.17, 15) is 4.79 Å². The highest BCUT2D eigenvalue weighted by Crippen LogP contribution is 2.08. The van der Waals surface area contributed by atoms with Gasteiger partial charge >= 0.3 is 0 Å². The summed E-state index contributed by atoms with van der Waals surface area (Å²) in [5.74, 6) is -0.218. The first-order valence-corrected chi connectivity index (χ1v) is 5.72. The Morgan fingerprint density at radius 1 is 1.65 bits per heavy atom. The van der Waals surface area contributed by atoms with Crippen molar-refractivity contribution in [3.8, 4) is 0 Å². The first kappa shape index (κ1) is 13.5. The standard InChI is InChI=1S/C11H21N5O/c1-5-16-7-9(12)10(14-16)11(17)13-8(2)6-15(3)4/h7-8H,5-6,12H2,1-4H3,(H,13,17). The van der Waals surface area contributed by atoms with Gasteiger partial charge in [0.15, 0.2) is 5.69 Å². The third kappa shape index (κ3) is 3.74. The van der Waals surface area contributed by atoms with Crippen molar-refractivity contribution < 1.29 is 4.79 Å². The first-order chi connectivity index (χ1) is 7.93. The van der Waals surface area contributed by atoms with Crippen LogP contribution in [0.2, 0.25) is 0 Å². The van der Waals surface area contributed by atoms with Crippen LogP contribution in [-0.4, -0.2) is 47.3 Å². The van der Waals surface area contributed by atoms with Crippen LogP contribution in [0.3, 0.4) is 0 Å². The Balaban J connectivity index is 2.66. The fourth-order valence-electron chi connectivity index (χ4n) is 1.66. The number of rotatable bonds is 5. The molecule has 1 aromatic heterocycles. The first-order valence-electron chi connectivity index (χ1n) is 5.72. The van der Waals surface area contributed by atoms with Gasteiger partial charge in [-0.25, -0.2) is 0 Å². The highest BCUT2D eigenvalue weighted by atomic mass is 16.2. The minimum Gasteiger partial charge on any atom is -0.396 e. The van der Waals surface area contributed by atoms with Crippen molar-refractivity contribution in [2.24, 2.45) is 0 Å². The minimum atomic E-state index is -0.218. The van der Waals surface area contributed by atoms with Crippen LogP contribution in [0, 0.1) is 0 Å². The lowest BCUT2D eigenvalue weighted by Crippen LogP contribution is -2.39. The van der Waals surface area contributed by atoms with Gasteiger partial charge in [0.1, 0.15) is 0 Å². The Labute approximate surface area is 102 Å². The van der Waals surface area contributed by atoms with Crippen LogP contribution in [0.15, 0.2) is 6.20 Å². The number of hydrogen-bond donors (Lipinski definition) is 2. The molecule has 96 valence electrons. The van der Waals surface area contributed by atoms with Gasteiger partial charge in [-0.3, -0.25) is 9.48 Å². The molecule has 1 rings (SSSR count). The number of anilines is 1. The van der Waals surface area contributed by atoms with Crippen LogP contribution < -0.4 is 11.1 Å². The van der Waals surface area contributed by atoms with Crippen LogP contribution >= 0.6 is 0 Å². The number of hydrogen-bond acceptors (Lipinski definition) is 4. The highest BCUT2D eigenvalue weighted by Gasteiger charge is 2.16. The maximum atomic E-state index is 11.9. The lowest BCUT2D eigenvalue weighted by molar-refractivity contribution is 0.0929. The van der Waals surface area contributed by atoms with Crippen LogP contribution in [-0.2, 0) is 6.54 Å². The van der Waals surface area contributed by atoms with E-state index < -0.39 is 0 Å². The highest BCUT2D eigenvalue weighted by molar-refractivity contribution is 5.97. The summed E-state index contributed by atoms with van der Waals surface area (Å²) >= 11 is 0. The predicted octanol–water partition coefficient (Wildman–Crippen LogP) is 0.165. The Hall–Kier alpha value is -1.56. The molecule has 3 N–H and O–H groups in total. The molecule has 1 aromatic rings. The zero-order valence-corrected chi connectivity index (χ0v) is 10.9. The molecule has 17 heavy (non-hydrogen) atoms. The summed E-state index contributed by atoms with van der Waals surface area (Å²) < 4.78 is 1.65. The summed E-state index contributed by atoms with van der Waals surface area (Å²) in [5, 5.41) is 7.00. The molecule has 0 spiro atoms. The Morgan fingerprint density at radius 3 is 2.76 bits per heavy atom. The third-order valence-electron chi connectivity index (χ3n) is 2.35. The number of aryl methyl sites for hydroxylation is 1. The Morgan fingerprint density at radius 2 is 2.29 bits per heavy atom. The van der Waals surface area contributed by atoms with Gasteiger partial charge in [-0.2, -0.15) is 5.10 Å². The van der Waals surface area contributed by atoms with Crippen LogP contribution in [0.25, 0.3) is 0 Å². The van der Waals surface area contributed by atoms with E-state index in [1.165, 1.54) is 0 Å². The Kier molecular flexibility index (Phi) is 4.51. The predicted molar refractivity (Wildman–Crippen MR) is 67.8 cm³/mol. The van der Waals surface area contributed by atoms with E-state index in [0.29, 0.717) is 17.9 Å². The van der Waals surface area contributed by atoms with Crippen molar-refractivity contribution in [1.29, 1.82) is 0 Å². The quantitative estimate of drug-likeness (QED) is 0.767. The maximum absolute atomic E-state index is 11.9. The van der Waals surface area contributed by atoms with Gasteiger partial charge in [0.25, 0.3) is 5.91 Å². The smallest absolute Gasteiger partial charge is 0.274 e. The van der Waals surface area contributed by atoms with E-state index in [1.807, 2.05) is 32.8 Å². The molecular weight excluding hydrogens is 218 g/mol. The number of nitrogens with two attached hydrogens (primary N) is 1. The number of amides is 1. The maximum Gasteiger partial charge on any atom is 0.274 e. The van der Waals surface area contributed by atoms with Gasteiger partial charge in [0.05, 0.1) is 5.69 Å².